The molecule has 1 amide bonds. The molecule has 96 valence electrons. The van der Waals surface area contributed by atoms with Crippen molar-refractivity contribution in [3.63, 3.8) is 0 Å². The second kappa shape index (κ2) is 5.65. The summed E-state index contributed by atoms with van der Waals surface area (Å²) in [5, 5.41) is 8.87. The Balaban J connectivity index is 1.91. The summed E-state index contributed by atoms with van der Waals surface area (Å²) in [5.41, 5.74) is 5.79. The molecular weight excluding hydrogens is 216 g/mol. The Kier molecular flexibility index (Phi) is 4.18. The molecule has 0 aromatic heterocycles. The monoisotopic (exact) mass is 238 g/mol. The first-order valence-corrected chi connectivity index (χ1v) is 6.57. The molecule has 1 heterocycles. The van der Waals surface area contributed by atoms with Crippen LogP contribution in [0.3, 0.4) is 0 Å². The van der Waals surface area contributed by atoms with E-state index in [9.17, 15) is 4.79 Å². The van der Waals surface area contributed by atoms with Gasteiger partial charge >= 0.3 is 0 Å². The quantitative estimate of drug-likeness (QED) is 0.707. The lowest BCUT2D eigenvalue weighted by molar-refractivity contribution is -0.135. The van der Waals surface area contributed by atoms with Gasteiger partial charge in [0.2, 0.25) is 5.91 Å². The number of likely N-dealkylation sites (tertiary alicyclic amines) is 1. The number of aliphatic hydroxyl groups excluding tert-OH is 1. The Labute approximate surface area is 102 Å². The molecule has 0 radical (unpaired) electrons. The van der Waals surface area contributed by atoms with Crippen LogP contribution >= 0.6 is 0 Å². The minimum atomic E-state index is -0.0141. The molecule has 3 N–H and O–H groups in total. The van der Waals surface area contributed by atoms with Gasteiger partial charge < -0.3 is 15.7 Å². The van der Waals surface area contributed by atoms with Gasteiger partial charge in [0, 0.05) is 25.2 Å². The van der Waals surface area contributed by atoms with E-state index in [1.165, 1.54) is 0 Å². The molecular formula is C13H22N2O2. The van der Waals surface area contributed by atoms with Crippen LogP contribution in [0, 0.1) is 5.92 Å². The molecule has 2 aliphatic rings. The average Bonchev–Trinajstić information content (AvgIpc) is 2.94. The normalized spacial score (nSPS) is 32.4. The smallest absolute Gasteiger partial charge is 0.229 e. The molecule has 1 fully saturated rings. The molecule has 3 unspecified atom stereocenters. The first kappa shape index (κ1) is 12.6. The first-order chi connectivity index (χ1) is 8.22. The molecule has 2 rings (SSSR count). The van der Waals surface area contributed by atoms with E-state index in [2.05, 4.69) is 0 Å². The summed E-state index contributed by atoms with van der Waals surface area (Å²) in [6.45, 7) is 1.08. The van der Waals surface area contributed by atoms with Gasteiger partial charge in [-0.1, -0.05) is 12.2 Å². The van der Waals surface area contributed by atoms with Crippen molar-refractivity contribution in [1.82, 2.24) is 4.90 Å². The maximum atomic E-state index is 12.3. The molecule has 1 saturated heterocycles. The van der Waals surface area contributed by atoms with Crippen LogP contribution in [0.25, 0.3) is 0 Å². The number of hydrogen-bond donors (Lipinski definition) is 2. The topological polar surface area (TPSA) is 66.6 Å². The zero-order valence-electron chi connectivity index (χ0n) is 10.2. The van der Waals surface area contributed by atoms with Crippen LogP contribution in [-0.4, -0.2) is 41.1 Å². The fourth-order valence-corrected chi connectivity index (χ4v) is 2.88. The summed E-state index contributed by atoms with van der Waals surface area (Å²) >= 11 is 0. The van der Waals surface area contributed by atoms with Gasteiger partial charge in [0.15, 0.2) is 0 Å². The van der Waals surface area contributed by atoms with E-state index < -0.39 is 0 Å². The Morgan fingerprint density at radius 1 is 1.47 bits per heavy atom. The van der Waals surface area contributed by atoms with Crippen LogP contribution in [0.4, 0.5) is 0 Å². The Bertz CT molecular complexity index is 304. The molecule has 17 heavy (non-hydrogen) atoms. The van der Waals surface area contributed by atoms with Gasteiger partial charge in [-0.25, -0.2) is 0 Å². The number of amides is 1. The van der Waals surface area contributed by atoms with Gasteiger partial charge in [0.05, 0.1) is 5.92 Å². The third-order valence-corrected chi connectivity index (χ3v) is 3.79. The highest BCUT2D eigenvalue weighted by atomic mass is 16.3. The summed E-state index contributed by atoms with van der Waals surface area (Å²) in [7, 11) is 0. The van der Waals surface area contributed by atoms with Crippen molar-refractivity contribution in [3.05, 3.63) is 12.2 Å². The summed E-state index contributed by atoms with van der Waals surface area (Å²) in [4.78, 5) is 14.3. The van der Waals surface area contributed by atoms with Crippen LogP contribution < -0.4 is 5.73 Å². The number of nitrogens with zero attached hydrogens (tertiary/aromatic N) is 1. The number of carbonyl (C=O) groups excluding carboxylic acids is 1. The number of aliphatic hydroxyl groups is 1. The molecule has 1 aliphatic carbocycles. The van der Waals surface area contributed by atoms with E-state index in [-0.39, 0.29) is 24.5 Å². The van der Waals surface area contributed by atoms with Gasteiger partial charge in [0.1, 0.15) is 0 Å². The summed E-state index contributed by atoms with van der Waals surface area (Å²) in [6.07, 6.45) is 8.51. The third-order valence-electron chi connectivity index (χ3n) is 3.79. The molecule has 0 aromatic rings. The largest absolute Gasteiger partial charge is 0.396 e. The van der Waals surface area contributed by atoms with E-state index in [0.29, 0.717) is 6.04 Å². The van der Waals surface area contributed by atoms with E-state index in [1.54, 1.807) is 0 Å². The second-order valence-electron chi connectivity index (χ2n) is 5.08. The molecule has 0 bridgehead atoms. The molecule has 0 spiro atoms. The van der Waals surface area contributed by atoms with Crippen LogP contribution in [0.5, 0.6) is 0 Å². The number of nitrogens with two attached hydrogens (primary N) is 1. The molecule has 0 saturated carbocycles. The fourth-order valence-electron chi connectivity index (χ4n) is 2.88. The Hall–Kier alpha value is -0.870. The highest BCUT2D eigenvalue weighted by Crippen LogP contribution is 2.27. The van der Waals surface area contributed by atoms with Crippen molar-refractivity contribution < 1.29 is 9.90 Å². The van der Waals surface area contributed by atoms with Crippen molar-refractivity contribution in [3.8, 4) is 0 Å². The number of carbonyl (C=O) groups is 1. The zero-order chi connectivity index (χ0) is 12.3. The number of rotatable bonds is 4. The van der Waals surface area contributed by atoms with Gasteiger partial charge in [0.25, 0.3) is 0 Å². The lowest BCUT2D eigenvalue weighted by Crippen LogP contribution is -2.39. The van der Waals surface area contributed by atoms with Gasteiger partial charge in [-0.3, -0.25) is 4.79 Å². The van der Waals surface area contributed by atoms with Crippen molar-refractivity contribution in [2.75, 3.05) is 13.2 Å². The zero-order valence-corrected chi connectivity index (χ0v) is 10.2. The first-order valence-electron chi connectivity index (χ1n) is 6.57. The summed E-state index contributed by atoms with van der Waals surface area (Å²) in [6, 6.07) is 0.377. The maximum absolute atomic E-state index is 12.3. The predicted octanol–water partition coefficient (Wildman–Crippen LogP) is 0.653. The van der Waals surface area contributed by atoms with Crippen LogP contribution in [-0.2, 0) is 4.79 Å². The van der Waals surface area contributed by atoms with E-state index >= 15 is 0 Å². The highest BCUT2D eigenvalue weighted by Gasteiger charge is 2.33. The lowest BCUT2D eigenvalue weighted by Gasteiger charge is -2.27. The van der Waals surface area contributed by atoms with E-state index in [0.717, 1.165) is 38.6 Å². The Morgan fingerprint density at radius 3 is 2.94 bits per heavy atom. The molecule has 3 atom stereocenters. The molecule has 4 nitrogen and oxygen atoms in total. The third kappa shape index (κ3) is 2.87. The van der Waals surface area contributed by atoms with Crippen molar-refractivity contribution in [2.45, 2.75) is 44.2 Å². The average molecular weight is 238 g/mol. The van der Waals surface area contributed by atoms with E-state index in [1.807, 2.05) is 17.1 Å². The maximum Gasteiger partial charge on any atom is 0.229 e. The van der Waals surface area contributed by atoms with Crippen molar-refractivity contribution in [1.29, 1.82) is 0 Å². The summed E-state index contributed by atoms with van der Waals surface area (Å²) in [5.74, 6) is 0.217. The van der Waals surface area contributed by atoms with Crippen molar-refractivity contribution >= 4 is 5.91 Å². The Morgan fingerprint density at radius 2 is 2.29 bits per heavy atom. The molecule has 4 heteroatoms. The number of hydrogen-bond acceptors (Lipinski definition) is 3. The van der Waals surface area contributed by atoms with Crippen molar-refractivity contribution in [2.24, 2.45) is 11.7 Å². The van der Waals surface area contributed by atoms with Crippen LogP contribution in [0.15, 0.2) is 12.2 Å². The second-order valence-corrected chi connectivity index (χ2v) is 5.08. The van der Waals surface area contributed by atoms with E-state index in [4.69, 9.17) is 10.8 Å². The SMILES string of the molecule is NC1C=CC(C(=O)N2CCCC2CCCO)C1. The van der Waals surface area contributed by atoms with Gasteiger partial charge in [-0.05, 0) is 32.1 Å². The summed E-state index contributed by atoms with van der Waals surface area (Å²) < 4.78 is 0. The minimum absolute atomic E-state index is 0.0141. The standard InChI is InChI=1S/C13H22N2O2/c14-11-6-5-10(9-11)13(17)15-7-1-3-12(15)4-2-8-16/h5-6,10-12,16H,1-4,7-9,14H2. The predicted molar refractivity (Wildman–Crippen MR) is 66.3 cm³/mol. The van der Waals surface area contributed by atoms with Crippen LogP contribution in [0.1, 0.15) is 32.1 Å². The van der Waals surface area contributed by atoms with Gasteiger partial charge in [-0.2, -0.15) is 0 Å². The fraction of sp³-hybridized carbons (Fsp3) is 0.769. The van der Waals surface area contributed by atoms with Crippen LogP contribution in [0.2, 0.25) is 0 Å². The lowest BCUT2D eigenvalue weighted by atomic mass is 10.0. The highest BCUT2D eigenvalue weighted by molar-refractivity contribution is 5.81. The minimum Gasteiger partial charge on any atom is -0.396 e. The molecule has 0 aromatic carbocycles. The molecule has 1 aliphatic heterocycles. The van der Waals surface area contributed by atoms with Gasteiger partial charge in [-0.15, -0.1) is 0 Å².